The topological polar surface area (TPSA) is 62.5 Å². The first-order valence-corrected chi connectivity index (χ1v) is 7.25. The van der Waals surface area contributed by atoms with Crippen molar-refractivity contribution in [2.24, 2.45) is 0 Å². The predicted octanol–water partition coefficient (Wildman–Crippen LogP) is 0.872. The molecule has 3 heterocycles. The van der Waals surface area contributed by atoms with Crippen molar-refractivity contribution in [3.8, 4) is 0 Å². The number of piperazine rings is 1. The lowest BCUT2D eigenvalue weighted by molar-refractivity contribution is 0.312. The molecule has 0 bridgehead atoms. The Kier molecular flexibility index (Phi) is 2.93. The van der Waals surface area contributed by atoms with Crippen LogP contribution in [0.4, 0.5) is 10.2 Å². The van der Waals surface area contributed by atoms with Crippen molar-refractivity contribution in [2.75, 3.05) is 38.1 Å². The molecule has 0 saturated carbocycles. The lowest BCUT2D eigenvalue weighted by Crippen LogP contribution is -2.45. The van der Waals surface area contributed by atoms with Crippen LogP contribution in [0, 0.1) is 12.7 Å². The summed E-state index contributed by atoms with van der Waals surface area (Å²) in [5.41, 5.74) is 2.42. The molecule has 2 aromatic heterocycles. The van der Waals surface area contributed by atoms with E-state index in [-0.39, 0.29) is 5.82 Å². The highest BCUT2D eigenvalue weighted by Crippen LogP contribution is 2.25. The number of hydrogen-bond donors (Lipinski definition) is 0. The second-order valence-corrected chi connectivity index (χ2v) is 5.73. The van der Waals surface area contributed by atoms with Gasteiger partial charge in [-0.1, -0.05) is 0 Å². The van der Waals surface area contributed by atoms with Crippen LogP contribution in [0.15, 0.2) is 12.1 Å². The number of benzene rings is 1. The maximum absolute atomic E-state index is 13.9. The Morgan fingerprint density at radius 1 is 1.14 bits per heavy atom. The molecule has 3 aromatic rings. The molecular formula is C14H16FN7. The van der Waals surface area contributed by atoms with Crippen molar-refractivity contribution in [1.82, 2.24) is 29.9 Å². The maximum Gasteiger partial charge on any atom is 0.222 e. The molecule has 0 unspecified atom stereocenters. The number of fused-ring (bicyclic) bond motifs is 3. The SMILES string of the molecule is Cc1cc2nc(N3CCN(C)CC3)c3nnnn3c2cc1F. The van der Waals surface area contributed by atoms with Gasteiger partial charge < -0.3 is 9.80 Å². The van der Waals surface area contributed by atoms with E-state index in [0.29, 0.717) is 22.2 Å². The number of tetrazole rings is 1. The first kappa shape index (κ1) is 13.3. The molecule has 1 fully saturated rings. The van der Waals surface area contributed by atoms with Gasteiger partial charge in [0.25, 0.3) is 0 Å². The van der Waals surface area contributed by atoms with Crippen molar-refractivity contribution >= 4 is 22.5 Å². The van der Waals surface area contributed by atoms with Gasteiger partial charge in [-0.3, -0.25) is 0 Å². The highest BCUT2D eigenvalue weighted by Gasteiger charge is 2.21. The zero-order chi connectivity index (χ0) is 15.3. The normalized spacial score (nSPS) is 16.8. The maximum atomic E-state index is 13.9. The fourth-order valence-electron chi connectivity index (χ4n) is 2.80. The summed E-state index contributed by atoms with van der Waals surface area (Å²) in [5.74, 6) is 0.482. The van der Waals surface area contributed by atoms with Gasteiger partial charge in [-0.25, -0.2) is 9.37 Å². The summed E-state index contributed by atoms with van der Waals surface area (Å²) in [4.78, 5) is 9.16. The Morgan fingerprint density at radius 3 is 2.68 bits per heavy atom. The summed E-state index contributed by atoms with van der Waals surface area (Å²) in [6.07, 6.45) is 0. The number of anilines is 1. The van der Waals surface area contributed by atoms with Gasteiger partial charge in [0.1, 0.15) is 5.82 Å². The Hall–Kier alpha value is -2.35. The van der Waals surface area contributed by atoms with E-state index in [0.717, 1.165) is 32.0 Å². The van der Waals surface area contributed by atoms with Crippen LogP contribution in [0.2, 0.25) is 0 Å². The van der Waals surface area contributed by atoms with E-state index < -0.39 is 0 Å². The molecule has 0 atom stereocenters. The van der Waals surface area contributed by atoms with Gasteiger partial charge in [0, 0.05) is 32.2 Å². The number of nitrogens with zero attached hydrogens (tertiary/aromatic N) is 7. The van der Waals surface area contributed by atoms with Gasteiger partial charge >= 0.3 is 0 Å². The molecule has 0 amide bonds. The molecule has 7 nitrogen and oxygen atoms in total. The summed E-state index contributed by atoms with van der Waals surface area (Å²) < 4.78 is 15.4. The van der Waals surface area contributed by atoms with Crippen LogP contribution in [-0.2, 0) is 0 Å². The van der Waals surface area contributed by atoms with Crippen LogP contribution in [0.25, 0.3) is 16.7 Å². The largest absolute Gasteiger partial charge is 0.351 e. The summed E-state index contributed by atoms with van der Waals surface area (Å²) in [5, 5.41) is 11.8. The van der Waals surface area contributed by atoms with Crippen molar-refractivity contribution in [1.29, 1.82) is 0 Å². The molecule has 8 heteroatoms. The minimum absolute atomic E-state index is 0.279. The van der Waals surface area contributed by atoms with Crippen molar-refractivity contribution in [3.05, 3.63) is 23.5 Å². The van der Waals surface area contributed by atoms with Crippen molar-refractivity contribution in [2.45, 2.75) is 6.92 Å². The smallest absolute Gasteiger partial charge is 0.222 e. The van der Waals surface area contributed by atoms with E-state index in [2.05, 4.69) is 32.4 Å². The molecule has 22 heavy (non-hydrogen) atoms. The summed E-state index contributed by atoms with van der Waals surface area (Å²) in [6.45, 7) is 5.41. The van der Waals surface area contributed by atoms with Gasteiger partial charge in [-0.15, -0.1) is 5.10 Å². The minimum Gasteiger partial charge on any atom is -0.351 e. The number of aryl methyl sites for hydroxylation is 1. The van der Waals surface area contributed by atoms with E-state index in [1.807, 2.05) is 0 Å². The van der Waals surface area contributed by atoms with Crippen molar-refractivity contribution < 1.29 is 4.39 Å². The average Bonchev–Trinajstić information content (AvgIpc) is 2.99. The second kappa shape index (κ2) is 4.84. The minimum atomic E-state index is -0.279. The molecule has 0 radical (unpaired) electrons. The van der Waals surface area contributed by atoms with Gasteiger partial charge in [-0.05, 0) is 36.0 Å². The third-order valence-corrected chi connectivity index (χ3v) is 4.18. The lowest BCUT2D eigenvalue weighted by Gasteiger charge is -2.33. The zero-order valence-corrected chi connectivity index (χ0v) is 12.5. The summed E-state index contributed by atoms with van der Waals surface area (Å²) in [6, 6.07) is 3.18. The summed E-state index contributed by atoms with van der Waals surface area (Å²) >= 11 is 0. The average molecular weight is 301 g/mol. The van der Waals surface area contributed by atoms with E-state index in [9.17, 15) is 4.39 Å². The Labute approximate surface area is 126 Å². The molecule has 1 saturated heterocycles. The van der Waals surface area contributed by atoms with Crippen LogP contribution in [-0.4, -0.2) is 63.2 Å². The number of halogens is 1. The third-order valence-electron chi connectivity index (χ3n) is 4.18. The van der Waals surface area contributed by atoms with Gasteiger partial charge in [0.05, 0.1) is 11.0 Å². The van der Waals surface area contributed by atoms with Crippen LogP contribution >= 0.6 is 0 Å². The van der Waals surface area contributed by atoms with Crippen molar-refractivity contribution in [3.63, 3.8) is 0 Å². The fourth-order valence-corrected chi connectivity index (χ4v) is 2.80. The Bertz CT molecular complexity index is 851. The molecule has 114 valence electrons. The predicted molar refractivity (Wildman–Crippen MR) is 80.5 cm³/mol. The first-order chi connectivity index (χ1) is 10.6. The lowest BCUT2D eigenvalue weighted by atomic mass is 10.2. The monoisotopic (exact) mass is 301 g/mol. The quantitative estimate of drug-likeness (QED) is 0.665. The highest BCUT2D eigenvalue weighted by atomic mass is 19.1. The standard InChI is InChI=1S/C14H16FN7/c1-9-7-11-12(8-10(9)15)22-14(17-18-19-22)13(16-11)21-5-3-20(2)4-6-21/h7-8H,3-6H2,1-2H3. The van der Waals surface area contributed by atoms with Gasteiger partial charge in [0.2, 0.25) is 5.65 Å². The highest BCUT2D eigenvalue weighted by molar-refractivity contribution is 5.83. The van der Waals surface area contributed by atoms with Crippen LogP contribution in [0.5, 0.6) is 0 Å². The van der Waals surface area contributed by atoms with Gasteiger partial charge in [0.15, 0.2) is 5.82 Å². The molecule has 0 aliphatic carbocycles. The molecular weight excluding hydrogens is 285 g/mol. The Morgan fingerprint density at radius 2 is 1.91 bits per heavy atom. The molecule has 1 aliphatic heterocycles. The number of likely N-dealkylation sites (N-methyl/N-ethyl adjacent to an activating group) is 1. The van der Waals surface area contributed by atoms with E-state index in [1.165, 1.54) is 6.07 Å². The molecule has 1 aromatic carbocycles. The molecule has 0 spiro atoms. The Balaban J connectivity index is 1.93. The third kappa shape index (κ3) is 1.98. The first-order valence-electron chi connectivity index (χ1n) is 7.25. The van der Waals surface area contributed by atoms with Crippen LogP contribution < -0.4 is 4.90 Å². The van der Waals surface area contributed by atoms with Gasteiger partial charge in [-0.2, -0.15) is 4.52 Å². The van der Waals surface area contributed by atoms with E-state index >= 15 is 0 Å². The zero-order valence-electron chi connectivity index (χ0n) is 12.5. The van der Waals surface area contributed by atoms with E-state index in [1.54, 1.807) is 17.5 Å². The molecule has 0 N–H and O–H groups in total. The summed E-state index contributed by atoms with van der Waals surface area (Å²) in [7, 11) is 2.10. The van der Waals surface area contributed by atoms with Crippen LogP contribution in [0.1, 0.15) is 5.56 Å². The second-order valence-electron chi connectivity index (χ2n) is 5.73. The molecule has 4 rings (SSSR count). The number of rotatable bonds is 1. The van der Waals surface area contributed by atoms with Crippen LogP contribution in [0.3, 0.4) is 0 Å². The number of hydrogen-bond acceptors (Lipinski definition) is 6. The van der Waals surface area contributed by atoms with E-state index in [4.69, 9.17) is 4.98 Å². The number of aromatic nitrogens is 5. The fraction of sp³-hybridized carbons (Fsp3) is 0.429. The molecule has 1 aliphatic rings.